The number of nitrogens with two attached hydrogens (primary N) is 1. The van der Waals surface area contributed by atoms with E-state index in [9.17, 15) is 26.3 Å². The average molecular weight is 301 g/mol. The van der Waals surface area contributed by atoms with Gasteiger partial charge in [0.1, 0.15) is 0 Å². The van der Waals surface area contributed by atoms with Crippen molar-refractivity contribution in [1.82, 2.24) is 0 Å². The van der Waals surface area contributed by atoms with Crippen LogP contribution in [0, 0.1) is 0 Å². The highest BCUT2D eigenvalue weighted by molar-refractivity contribution is 5.37. The van der Waals surface area contributed by atoms with Gasteiger partial charge in [-0.3, -0.25) is 0 Å². The zero-order chi connectivity index (χ0) is 15.6. The smallest absolute Gasteiger partial charge is 0.396 e. The first-order valence-electron chi connectivity index (χ1n) is 5.72. The molecule has 0 amide bonds. The van der Waals surface area contributed by atoms with Gasteiger partial charge in [-0.05, 0) is 36.6 Å². The van der Waals surface area contributed by atoms with Crippen molar-refractivity contribution in [3.8, 4) is 0 Å². The zero-order valence-electron chi connectivity index (χ0n) is 10.2. The van der Waals surface area contributed by atoms with Gasteiger partial charge in [0.25, 0.3) is 0 Å². The lowest BCUT2D eigenvalue weighted by atomic mass is 9.95. The highest BCUT2D eigenvalue weighted by Gasteiger charge is 2.37. The van der Waals surface area contributed by atoms with Crippen LogP contribution in [0.15, 0.2) is 18.2 Å². The summed E-state index contributed by atoms with van der Waals surface area (Å²) < 4.78 is 76.0. The van der Waals surface area contributed by atoms with Crippen LogP contribution in [-0.4, -0.2) is 11.7 Å². The number of rotatable bonds is 4. The van der Waals surface area contributed by atoms with Crippen molar-refractivity contribution >= 4 is 0 Å². The van der Waals surface area contributed by atoms with E-state index in [4.69, 9.17) is 10.8 Å². The van der Waals surface area contributed by atoms with Crippen molar-refractivity contribution in [1.29, 1.82) is 0 Å². The molecule has 1 rings (SSSR count). The summed E-state index contributed by atoms with van der Waals surface area (Å²) >= 11 is 0. The molecule has 0 aliphatic heterocycles. The Bertz CT molecular complexity index is 454. The van der Waals surface area contributed by atoms with Gasteiger partial charge in [0.2, 0.25) is 0 Å². The molecular formula is C12H13F6NO. The van der Waals surface area contributed by atoms with E-state index in [-0.39, 0.29) is 19.4 Å². The Morgan fingerprint density at radius 1 is 1.05 bits per heavy atom. The molecular weight excluding hydrogens is 288 g/mol. The van der Waals surface area contributed by atoms with Crippen molar-refractivity contribution in [2.75, 3.05) is 6.61 Å². The van der Waals surface area contributed by atoms with E-state index in [0.29, 0.717) is 18.2 Å². The minimum Gasteiger partial charge on any atom is -0.396 e. The van der Waals surface area contributed by atoms with E-state index in [1.165, 1.54) is 0 Å². The van der Waals surface area contributed by atoms with Crippen LogP contribution in [0.1, 0.15) is 35.6 Å². The van der Waals surface area contributed by atoms with Gasteiger partial charge in [-0.15, -0.1) is 0 Å². The second-order valence-electron chi connectivity index (χ2n) is 4.27. The minimum absolute atomic E-state index is 0.0408. The van der Waals surface area contributed by atoms with Gasteiger partial charge in [-0.25, -0.2) is 0 Å². The monoisotopic (exact) mass is 301 g/mol. The van der Waals surface area contributed by atoms with Crippen LogP contribution >= 0.6 is 0 Å². The van der Waals surface area contributed by atoms with Crippen LogP contribution in [0.5, 0.6) is 0 Å². The minimum atomic E-state index is -4.78. The molecule has 0 radical (unpaired) electrons. The van der Waals surface area contributed by atoms with Crippen molar-refractivity contribution in [3.05, 3.63) is 34.9 Å². The fourth-order valence-electron chi connectivity index (χ4n) is 1.77. The molecule has 0 aliphatic carbocycles. The van der Waals surface area contributed by atoms with Crippen molar-refractivity contribution in [2.45, 2.75) is 31.2 Å². The van der Waals surface area contributed by atoms with Crippen LogP contribution in [0.3, 0.4) is 0 Å². The molecule has 0 spiro atoms. The van der Waals surface area contributed by atoms with Crippen LogP contribution in [-0.2, 0) is 12.4 Å². The second kappa shape index (κ2) is 6.01. The SMILES string of the molecule is N[C@H](CCCO)c1cc(C(F)(F)F)ccc1C(F)(F)F. The van der Waals surface area contributed by atoms with Crippen LogP contribution < -0.4 is 5.73 Å². The molecule has 0 fully saturated rings. The van der Waals surface area contributed by atoms with E-state index in [0.717, 1.165) is 0 Å². The van der Waals surface area contributed by atoms with E-state index in [2.05, 4.69) is 0 Å². The number of benzene rings is 1. The number of hydrogen-bond acceptors (Lipinski definition) is 2. The highest BCUT2D eigenvalue weighted by atomic mass is 19.4. The molecule has 0 saturated carbocycles. The Kier molecular flexibility index (Phi) is 5.04. The lowest BCUT2D eigenvalue weighted by Crippen LogP contribution is -2.19. The summed E-state index contributed by atoms with van der Waals surface area (Å²) in [5.41, 5.74) is 2.54. The molecule has 8 heteroatoms. The van der Waals surface area contributed by atoms with Gasteiger partial charge in [0, 0.05) is 12.6 Å². The molecule has 0 aromatic heterocycles. The van der Waals surface area contributed by atoms with E-state index in [1.807, 2.05) is 0 Å². The number of hydrogen-bond donors (Lipinski definition) is 2. The predicted molar refractivity (Wildman–Crippen MR) is 59.7 cm³/mol. The lowest BCUT2D eigenvalue weighted by molar-refractivity contribution is -0.142. The van der Waals surface area contributed by atoms with Crippen molar-refractivity contribution < 1.29 is 31.4 Å². The number of alkyl halides is 6. The summed E-state index contributed by atoms with van der Waals surface area (Å²) in [7, 11) is 0. The Balaban J connectivity index is 3.27. The molecule has 1 aromatic carbocycles. The molecule has 114 valence electrons. The first kappa shape index (κ1) is 16.8. The molecule has 0 unspecified atom stereocenters. The van der Waals surface area contributed by atoms with Gasteiger partial charge in [-0.1, -0.05) is 0 Å². The summed E-state index contributed by atoms with van der Waals surface area (Å²) in [4.78, 5) is 0. The molecule has 20 heavy (non-hydrogen) atoms. The molecule has 0 aliphatic rings. The maximum atomic E-state index is 12.8. The first-order chi connectivity index (χ1) is 9.07. The lowest BCUT2D eigenvalue weighted by Gasteiger charge is -2.20. The first-order valence-corrected chi connectivity index (χ1v) is 5.72. The van der Waals surface area contributed by atoms with Gasteiger partial charge >= 0.3 is 12.4 Å². The van der Waals surface area contributed by atoms with Gasteiger partial charge in [-0.2, -0.15) is 26.3 Å². The zero-order valence-corrected chi connectivity index (χ0v) is 10.2. The normalized spacial score (nSPS) is 14.4. The van der Waals surface area contributed by atoms with Gasteiger partial charge in [0.15, 0.2) is 0 Å². The molecule has 2 nitrogen and oxygen atoms in total. The van der Waals surface area contributed by atoms with Crippen LogP contribution in [0.2, 0.25) is 0 Å². The summed E-state index contributed by atoms with van der Waals surface area (Å²) in [6, 6.07) is -0.0338. The average Bonchev–Trinajstić information content (AvgIpc) is 2.33. The maximum absolute atomic E-state index is 12.8. The Hall–Kier alpha value is -1.28. The van der Waals surface area contributed by atoms with Gasteiger partial charge in [0.05, 0.1) is 11.1 Å². The summed E-state index contributed by atoms with van der Waals surface area (Å²) in [6.45, 7) is -0.298. The quantitative estimate of drug-likeness (QED) is 0.836. The Morgan fingerprint density at radius 3 is 2.10 bits per heavy atom. The molecule has 3 N–H and O–H groups in total. The number of aliphatic hydroxyl groups is 1. The summed E-state index contributed by atoms with van der Waals surface area (Å²) in [6.07, 6.45) is -9.46. The predicted octanol–water partition coefficient (Wildman–Crippen LogP) is 3.50. The third-order valence-electron chi connectivity index (χ3n) is 2.76. The highest BCUT2D eigenvalue weighted by Crippen LogP contribution is 2.38. The molecule has 0 bridgehead atoms. The number of halogens is 6. The van der Waals surface area contributed by atoms with Crippen molar-refractivity contribution in [2.24, 2.45) is 5.73 Å². The molecule has 1 atom stereocenters. The maximum Gasteiger partial charge on any atom is 0.416 e. The number of aliphatic hydroxyl groups excluding tert-OH is 1. The standard InChI is InChI=1S/C12H13F6NO/c13-11(14,15)7-3-4-9(12(16,17)18)8(6-7)10(19)2-1-5-20/h3-4,6,10,20H,1-2,5,19H2/t10-/m1/s1. The topological polar surface area (TPSA) is 46.2 Å². The van der Waals surface area contributed by atoms with Crippen molar-refractivity contribution in [3.63, 3.8) is 0 Å². The van der Waals surface area contributed by atoms with E-state index >= 15 is 0 Å². The molecule has 1 aromatic rings. The summed E-state index contributed by atoms with van der Waals surface area (Å²) in [5, 5.41) is 8.62. The van der Waals surface area contributed by atoms with Crippen LogP contribution in [0.25, 0.3) is 0 Å². The molecule has 0 saturated heterocycles. The van der Waals surface area contributed by atoms with E-state index < -0.39 is 35.1 Å². The second-order valence-corrected chi connectivity index (χ2v) is 4.27. The van der Waals surface area contributed by atoms with Crippen LogP contribution in [0.4, 0.5) is 26.3 Å². The molecule has 0 heterocycles. The Labute approximate surface area is 111 Å². The fourth-order valence-corrected chi connectivity index (χ4v) is 1.77. The summed E-state index contributed by atoms with van der Waals surface area (Å²) in [5.74, 6) is 0. The Morgan fingerprint density at radius 2 is 1.65 bits per heavy atom. The fraction of sp³-hybridized carbons (Fsp3) is 0.500. The van der Waals surface area contributed by atoms with Gasteiger partial charge < -0.3 is 10.8 Å². The third-order valence-corrected chi connectivity index (χ3v) is 2.76. The third kappa shape index (κ3) is 4.11. The van der Waals surface area contributed by atoms with E-state index in [1.54, 1.807) is 0 Å². The largest absolute Gasteiger partial charge is 0.416 e.